The third-order valence-electron chi connectivity index (χ3n) is 3.35. The van der Waals surface area contributed by atoms with E-state index in [0.717, 1.165) is 55.4 Å². The van der Waals surface area contributed by atoms with Crippen molar-refractivity contribution >= 4 is 11.6 Å². The molecule has 0 radical (unpaired) electrons. The molecule has 4 nitrogen and oxygen atoms in total. The highest BCUT2D eigenvalue weighted by Crippen LogP contribution is 2.22. The van der Waals surface area contributed by atoms with Crippen LogP contribution in [0, 0.1) is 6.92 Å². The molecular weight excluding hydrogens is 262 g/mol. The molecular formula is C14H26ClN3O. The van der Waals surface area contributed by atoms with Crippen molar-refractivity contribution < 1.29 is 4.74 Å². The molecule has 1 rings (SSSR count). The number of halogens is 1. The minimum Gasteiger partial charge on any atom is -0.382 e. The topological polar surface area (TPSA) is 39.1 Å². The Morgan fingerprint density at radius 3 is 2.74 bits per heavy atom. The van der Waals surface area contributed by atoms with Gasteiger partial charge in [0, 0.05) is 32.2 Å². The molecule has 0 bridgehead atoms. The SMILES string of the molecule is CCOCCCC(Cc1c(Cl)c(C)nn1CC)NC. The van der Waals surface area contributed by atoms with Crippen molar-refractivity contribution in [2.45, 2.75) is 52.6 Å². The predicted octanol–water partition coefficient (Wildman–Crippen LogP) is 2.81. The number of rotatable bonds is 9. The lowest BCUT2D eigenvalue weighted by molar-refractivity contribution is 0.141. The molecule has 1 aromatic rings. The summed E-state index contributed by atoms with van der Waals surface area (Å²) in [6, 6.07) is 0.416. The molecule has 1 N–H and O–H groups in total. The van der Waals surface area contributed by atoms with Crippen molar-refractivity contribution in [3.8, 4) is 0 Å². The average molecular weight is 288 g/mol. The largest absolute Gasteiger partial charge is 0.382 e. The van der Waals surface area contributed by atoms with Crippen LogP contribution in [0.15, 0.2) is 0 Å². The maximum absolute atomic E-state index is 6.34. The van der Waals surface area contributed by atoms with Crippen LogP contribution in [0.2, 0.25) is 5.02 Å². The molecule has 0 aliphatic carbocycles. The van der Waals surface area contributed by atoms with Gasteiger partial charge in [-0.3, -0.25) is 4.68 Å². The fourth-order valence-electron chi connectivity index (χ4n) is 2.22. The van der Waals surface area contributed by atoms with Crippen LogP contribution in [0.3, 0.4) is 0 Å². The van der Waals surface area contributed by atoms with E-state index in [1.807, 2.05) is 25.6 Å². The summed E-state index contributed by atoms with van der Waals surface area (Å²) >= 11 is 6.34. The second-order valence-corrected chi connectivity index (χ2v) is 5.07. The molecule has 0 saturated heterocycles. The van der Waals surface area contributed by atoms with Crippen molar-refractivity contribution in [3.63, 3.8) is 0 Å². The van der Waals surface area contributed by atoms with Crippen molar-refractivity contribution in [2.24, 2.45) is 0 Å². The van der Waals surface area contributed by atoms with Crippen LogP contribution >= 0.6 is 11.6 Å². The molecule has 19 heavy (non-hydrogen) atoms. The van der Waals surface area contributed by atoms with Crippen molar-refractivity contribution in [1.82, 2.24) is 15.1 Å². The molecule has 1 heterocycles. The number of aryl methyl sites for hydroxylation is 2. The average Bonchev–Trinajstić information content (AvgIpc) is 2.69. The summed E-state index contributed by atoms with van der Waals surface area (Å²) in [7, 11) is 2.00. The van der Waals surface area contributed by atoms with Gasteiger partial charge in [0.25, 0.3) is 0 Å². The number of hydrogen-bond acceptors (Lipinski definition) is 3. The summed E-state index contributed by atoms with van der Waals surface area (Å²) < 4.78 is 7.38. The van der Waals surface area contributed by atoms with E-state index in [9.17, 15) is 0 Å². The van der Waals surface area contributed by atoms with Crippen LogP contribution < -0.4 is 5.32 Å². The van der Waals surface area contributed by atoms with Gasteiger partial charge >= 0.3 is 0 Å². The Morgan fingerprint density at radius 1 is 1.42 bits per heavy atom. The third kappa shape index (κ3) is 4.79. The van der Waals surface area contributed by atoms with E-state index < -0.39 is 0 Å². The minimum absolute atomic E-state index is 0.416. The Morgan fingerprint density at radius 2 is 2.16 bits per heavy atom. The van der Waals surface area contributed by atoms with Crippen LogP contribution in [0.25, 0.3) is 0 Å². The Balaban J connectivity index is 2.59. The van der Waals surface area contributed by atoms with Gasteiger partial charge in [-0.2, -0.15) is 5.10 Å². The quantitative estimate of drug-likeness (QED) is 0.710. The van der Waals surface area contributed by atoms with Gasteiger partial charge < -0.3 is 10.1 Å². The molecule has 1 aromatic heterocycles. The second-order valence-electron chi connectivity index (χ2n) is 4.69. The maximum Gasteiger partial charge on any atom is 0.0847 e. The van der Waals surface area contributed by atoms with E-state index in [-0.39, 0.29) is 0 Å². The molecule has 1 atom stereocenters. The molecule has 0 fully saturated rings. The molecule has 0 amide bonds. The number of nitrogens with zero attached hydrogens (tertiary/aromatic N) is 2. The summed E-state index contributed by atoms with van der Waals surface area (Å²) in [5.74, 6) is 0. The summed E-state index contributed by atoms with van der Waals surface area (Å²) in [4.78, 5) is 0. The standard InChI is InChI=1S/C14H26ClN3O/c1-5-18-13(14(15)11(3)17-18)10-12(16-4)8-7-9-19-6-2/h12,16H,5-10H2,1-4H3. The normalized spacial score (nSPS) is 12.9. The summed E-state index contributed by atoms with van der Waals surface area (Å²) in [6.07, 6.45) is 3.06. The van der Waals surface area contributed by atoms with Gasteiger partial charge in [0.2, 0.25) is 0 Å². The zero-order valence-corrected chi connectivity index (χ0v) is 13.3. The van der Waals surface area contributed by atoms with Gasteiger partial charge in [-0.05, 0) is 40.7 Å². The Bertz CT molecular complexity index is 379. The number of aromatic nitrogens is 2. The second kappa shape index (κ2) is 8.56. The first-order valence-corrected chi connectivity index (χ1v) is 7.48. The van der Waals surface area contributed by atoms with E-state index in [0.29, 0.717) is 6.04 Å². The fraction of sp³-hybridized carbons (Fsp3) is 0.786. The highest BCUT2D eigenvalue weighted by molar-refractivity contribution is 6.31. The molecule has 0 aromatic carbocycles. The third-order valence-corrected chi connectivity index (χ3v) is 3.84. The van der Waals surface area contributed by atoms with E-state index in [2.05, 4.69) is 17.3 Å². The Hall–Kier alpha value is -0.580. The van der Waals surface area contributed by atoms with Crippen LogP contribution in [-0.4, -0.2) is 36.1 Å². The molecule has 1 unspecified atom stereocenters. The lowest BCUT2D eigenvalue weighted by Gasteiger charge is -2.17. The van der Waals surface area contributed by atoms with E-state index >= 15 is 0 Å². The summed E-state index contributed by atoms with van der Waals surface area (Å²) in [5, 5.41) is 8.63. The number of nitrogens with one attached hydrogen (secondary N) is 1. The first-order chi connectivity index (χ1) is 9.13. The lowest BCUT2D eigenvalue weighted by Crippen LogP contribution is -2.29. The Labute approximate surface area is 121 Å². The van der Waals surface area contributed by atoms with Gasteiger partial charge in [-0.25, -0.2) is 0 Å². The van der Waals surface area contributed by atoms with Gasteiger partial charge in [-0.1, -0.05) is 11.6 Å². The molecule has 0 saturated carbocycles. The first-order valence-electron chi connectivity index (χ1n) is 7.10. The van der Waals surface area contributed by atoms with Crippen LogP contribution in [0.5, 0.6) is 0 Å². The van der Waals surface area contributed by atoms with E-state index in [1.165, 1.54) is 0 Å². The Kier molecular flexibility index (Phi) is 7.42. The van der Waals surface area contributed by atoms with Crippen molar-refractivity contribution in [3.05, 3.63) is 16.4 Å². The monoisotopic (exact) mass is 287 g/mol. The number of ether oxygens (including phenoxy) is 1. The van der Waals surface area contributed by atoms with Crippen LogP contribution in [-0.2, 0) is 17.7 Å². The predicted molar refractivity (Wildman–Crippen MR) is 79.9 cm³/mol. The zero-order chi connectivity index (χ0) is 14.3. The summed E-state index contributed by atoms with van der Waals surface area (Å²) in [6.45, 7) is 8.56. The van der Waals surface area contributed by atoms with E-state index in [1.54, 1.807) is 0 Å². The molecule has 0 aliphatic rings. The van der Waals surface area contributed by atoms with E-state index in [4.69, 9.17) is 16.3 Å². The lowest BCUT2D eigenvalue weighted by atomic mass is 10.1. The molecule has 110 valence electrons. The smallest absolute Gasteiger partial charge is 0.0847 e. The number of hydrogen-bond donors (Lipinski definition) is 1. The van der Waals surface area contributed by atoms with Gasteiger partial charge in [0.15, 0.2) is 0 Å². The minimum atomic E-state index is 0.416. The molecule has 5 heteroatoms. The van der Waals surface area contributed by atoms with Crippen molar-refractivity contribution in [1.29, 1.82) is 0 Å². The van der Waals surface area contributed by atoms with Gasteiger partial charge in [0.1, 0.15) is 0 Å². The van der Waals surface area contributed by atoms with Crippen molar-refractivity contribution in [2.75, 3.05) is 20.3 Å². The molecule has 0 spiro atoms. The summed E-state index contributed by atoms with van der Waals surface area (Å²) in [5.41, 5.74) is 2.06. The highest BCUT2D eigenvalue weighted by Gasteiger charge is 2.16. The first kappa shape index (κ1) is 16.5. The highest BCUT2D eigenvalue weighted by atomic mass is 35.5. The van der Waals surface area contributed by atoms with Gasteiger partial charge in [0.05, 0.1) is 16.4 Å². The molecule has 0 aliphatic heterocycles. The van der Waals surface area contributed by atoms with Crippen LogP contribution in [0.1, 0.15) is 38.1 Å². The fourth-order valence-corrected chi connectivity index (χ4v) is 2.43. The van der Waals surface area contributed by atoms with Crippen LogP contribution in [0.4, 0.5) is 0 Å². The zero-order valence-electron chi connectivity index (χ0n) is 12.5. The van der Waals surface area contributed by atoms with Gasteiger partial charge in [-0.15, -0.1) is 0 Å². The maximum atomic E-state index is 6.34. The number of likely N-dealkylation sites (N-methyl/N-ethyl adjacent to an activating group) is 1.